The van der Waals surface area contributed by atoms with Crippen molar-refractivity contribution in [3.8, 4) is 0 Å². The molecule has 0 bridgehead atoms. The van der Waals surface area contributed by atoms with Gasteiger partial charge in [-0.05, 0) is 49.7 Å². The largest absolute Gasteiger partial charge is 0.353 e. The summed E-state index contributed by atoms with van der Waals surface area (Å²) in [7, 11) is 0. The van der Waals surface area contributed by atoms with Gasteiger partial charge in [0.05, 0.1) is 0 Å². The second-order valence-electron chi connectivity index (χ2n) is 7.71. The van der Waals surface area contributed by atoms with Crippen LogP contribution < -0.4 is 4.90 Å². The van der Waals surface area contributed by atoms with E-state index in [2.05, 4.69) is 25.8 Å². The van der Waals surface area contributed by atoms with Crippen LogP contribution in [0.1, 0.15) is 33.0 Å². The molecule has 0 N–H and O–H groups in total. The van der Waals surface area contributed by atoms with Crippen LogP contribution in [0.15, 0.2) is 53.0 Å². The maximum absolute atomic E-state index is 14.3. The van der Waals surface area contributed by atoms with Crippen LogP contribution in [0.2, 0.25) is 0 Å². The van der Waals surface area contributed by atoms with E-state index in [1.54, 1.807) is 12.1 Å². The van der Waals surface area contributed by atoms with E-state index in [1.807, 2.05) is 49.1 Å². The van der Waals surface area contributed by atoms with E-state index in [0.29, 0.717) is 49.6 Å². The molecule has 5 nitrogen and oxygen atoms in total. The number of rotatable bonds is 4. The average Bonchev–Trinajstić information content (AvgIpc) is 2.77. The number of anilines is 1. The van der Waals surface area contributed by atoms with Crippen molar-refractivity contribution in [1.82, 2.24) is 14.9 Å². The standard InChI is InChI=1S/C24H24BrFN4O/c1-16-21(15-19-5-3-4-6-22(19)26)23(28-17(2)27-16)29-11-13-30(14-12-29)24(31)18-7-9-20(25)10-8-18/h3-10H,11-15H2,1-2H3. The number of benzene rings is 2. The predicted molar refractivity (Wildman–Crippen MR) is 123 cm³/mol. The topological polar surface area (TPSA) is 49.3 Å². The van der Waals surface area contributed by atoms with Crippen molar-refractivity contribution in [2.24, 2.45) is 0 Å². The number of aryl methyl sites for hydroxylation is 2. The summed E-state index contributed by atoms with van der Waals surface area (Å²) >= 11 is 3.40. The van der Waals surface area contributed by atoms with Gasteiger partial charge in [-0.1, -0.05) is 34.1 Å². The molecule has 0 atom stereocenters. The Balaban J connectivity index is 1.53. The van der Waals surface area contributed by atoms with Gasteiger partial charge in [0.2, 0.25) is 0 Å². The number of carbonyl (C=O) groups is 1. The first-order chi connectivity index (χ1) is 14.9. The molecule has 0 radical (unpaired) electrons. The maximum Gasteiger partial charge on any atom is 0.253 e. The molecule has 1 fully saturated rings. The van der Waals surface area contributed by atoms with Gasteiger partial charge in [-0.25, -0.2) is 14.4 Å². The zero-order valence-electron chi connectivity index (χ0n) is 17.6. The molecule has 0 unspecified atom stereocenters. The summed E-state index contributed by atoms with van der Waals surface area (Å²) in [5, 5.41) is 0. The third-order valence-electron chi connectivity index (χ3n) is 5.59. The van der Waals surface area contributed by atoms with Gasteiger partial charge in [0.15, 0.2) is 0 Å². The smallest absolute Gasteiger partial charge is 0.253 e. The summed E-state index contributed by atoms with van der Waals surface area (Å²) in [5.41, 5.74) is 3.11. The third-order valence-corrected chi connectivity index (χ3v) is 6.12. The van der Waals surface area contributed by atoms with E-state index in [-0.39, 0.29) is 11.7 Å². The first-order valence-corrected chi connectivity index (χ1v) is 11.1. The zero-order valence-corrected chi connectivity index (χ0v) is 19.2. The highest BCUT2D eigenvalue weighted by Gasteiger charge is 2.25. The number of hydrogen-bond acceptors (Lipinski definition) is 4. The van der Waals surface area contributed by atoms with E-state index in [4.69, 9.17) is 4.98 Å². The molecule has 1 saturated heterocycles. The van der Waals surface area contributed by atoms with Gasteiger partial charge in [-0.3, -0.25) is 4.79 Å². The second-order valence-corrected chi connectivity index (χ2v) is 8.63. The van der Waals surface area contributed by atoms with Crippen LogP contribution >= 0.6 is 15.9 Å². The minimum Gasteiger partial charge on any atom is -0.353 e. The van der Waals surface area contributed by atoms with Crippen molar-refractivity contribution in [2.75, 3.05) is 31.1 Å². The van der Waals surface area contributed by atoms with E-state index in [1.165, 1.54) is 6.07 Å². The van der Waals surface area contributed by atoms with Gasteiger partial charge in [0, 0.05) is 53.9 Å². The van der Waals surface area contributed by atoms with Crippen LogP contribution in [0.25, 0.3) is 0 Å². The highest BCUT2D eigenvalue weighted by Crippen LogP contribution is 2.26. The molecule has 0 spiro atoms. The fourth-order valence-electron chi connectivity index (χ4n) is 3.91. The van der Waals surface area contributed by atoms with Crippen LogP contribution in [0.4, 0.5) is 10.2 Å². The number of hydrogen-bond donors (Lipinski definition) is 0. The molecule has 2 heterocycles. The lowest BCUT2D eigenvalue weighted by atomic mass is 10.0. The molecular formula is C24H24BrFN4O. The molecule has 1 amide bonds. The molecular weight excluding hydrogens is 459 g/mol. The van der Waals surface area contributed by atoms with E-state index in [9.17, 15) is 9.18 Å². The number of nitrogens with zero attached hydrogens (tertiary/aromatic N) is 4. The molecule has 4 rings (SSSR count). The van der Waals surface area contributed by atoms with E-state index in [0.717, 1.165) is 21.5 Å². The van der Waals surface area contributed by atoms with Gasteiger partial charge >= 0.3 is 0 Å². The monoisotopic (exact) mass is 482 g/mol. The fraction of sp³-hybridized carbons (Fsp3) is 0.292. The van der Waals surface area contributed by atoms with Crippen LogP contribution in [0.5, 0.6) is 0 Å². The van der Waals surface area contributed by atoms with Crippen LogP contribution in [0, 0.1) is 19.7 Å². The molecule has 3 aromatic rings. The molecule has 0 saturated carbocycles. The van der Waals surface area contributed by atoms with Crippen molar-refractivity contribution < 1.29 is 9.18 Å². The van der Waals surface area contributed by atoms with Gasteiger partial charge in [0.1, 0.15) is 17.5 Å². The predicted octanol–water partition coefficient (Wildman–Crippen LogP) is 4.55. The van der Waals surface area contributed by atoms with Crippen LogP contribution in [0.3, 0.4) is 0 Å². The fourth-order valence-corrected chi connectivity index (χ4v) is 4.18. The molecule has 2 aromatic carbocycles. The number of piperazine rings is 1. The zero-order chi connectivity index (χ0) is 22.0. The highest BCUT2D eigenvalue weighted by atomic mass is 79.9. The molecule has 7 heteroatoms. The Labute approximate surface area is 190 Å². The first-order valence-electron chi connectivity index (χ1n) is 10.3. The Bertz CT molecular complexity index is 1100. The van der Waals surface area contributed by atoms with E-state index >= 15 is 0 Å². The summed E-state index contributed by atoms with van der Waals surface area (Å²) in [4.78, 5) is 26.1. The SMILES string of the molecule is Cc1nc(C)c(Cc2ccccc2F)c(N2CCN(C(=O)c3ccc(Br)cc3)CC2)n1. The normalized spacial score (nSPS) is 14.1. The molecule has 1 aliphatic heterocycles. The lowest BCUT2D eigenvalue weighted by Gasteiger charge is -2.36. The van der Waals surface area contributed by atoms with Crippen molar-refractivity contribution in [3.63, 3.8) is 0 Å². The summed E-state index contributed by atoms with van der Waals surface area (Å²) < 4.78 is 15.2. The minimum atomic E-state index is -0.224. The molecule has 31 heavy (non-hydrogen) atoms. The molecule has 1 aliphatic rings. The van der Waals surface area contributed by atoms with Crippen molar-refractivity contribution in [3.05, 3.63) is 87.0 Å². The second kappa shape index (κ2) is 9.14. The Hall–Kier alpha value is -2.80. The number of halogens is 2. The Morgan fingerprint density at radius 1 is 1.00 bits per heavy atom. The first kappa shape index (κ1) is 21.4. The number of carbonyl (C=O) groups excluding carboxylic acids is 1. The van der Waals surface area contributed by atoms with Gasteiger partial charge in [-0.15, -0.1) is 0 Å². The molecule has 160 valence electrons. The maximum atomic E-state index is 14.3. The summed E-state index contributed by atoms with van der Waals surface area (Å²) in [6.45, 7) is 6.37. The quantitative estimate of drug-likeness (QED) is 0.547. The number of aromatic nitrogens is 2. The third kappa shape index (κ3) is 4.77. The average molecular weight is 483 g/mol. The Morgan fingerprint density at radius 2 is 1.68 bits per heavy atom. The van der Waals surface area contributed by atoms with E-state index < -0.39 is 0 Å². The summed E-state index contributed by atoms with van der Waals surface area (Å²) in [6, 6.07) is 14.2. The Kier molecular flexibility index (Phi) is 6.32. The van der Waals surface area contributed by atoms with Gasteiger partial charge in [-0.2, -0.15) is 0 Å². The summed E-state index contributed by atoms with van der Waals surface area (Å²) in [6.07, 6.45) is 0.437. The van der Waals surface area contributed by atoms with Crippen molar-refractivity contribution in [1.29, 1.82) is 0 Å². The van der Waals surface area contributed by atoms with Crippen molar-refractivity contribution in [2.45, 2.75) is 20.3 Å². The molecule has 1 aromatic heterocycles. The molecule has 0 aliphatic carbocycles. The van der Waals surface area contributed by atoms with Gasteiger partial charge in [0.25, 0.3) is 5.91 Å². The van der Waals surface area contributed by atoms with Crippen LogP contribution in [-0.2, 0) is 6.42 Å². The van der Waals surface area contributed by atoms with Crippen molar-refractivity contribution >= 4 is 27.7 Å². The minimum absolute atomic E-state index is 0.0359. The Morgan fingerprint density at radius 3 is 2.35 bits per heavy atom. The highest BCUT2D eigenvalue weighted by molar-refractivity contribution is 9.10. The van der Waals surface area contributed by atoms with Crippen LogP contribution in [-0.4, -0.2) is 47.0 Å². The lowest BCUT2D eigenvalue weighted by molar-refractivity contribution is 0.0746. The number of amides is 1. The summed E-state index contributed by atoms with van der Waals surface area (Å²) in [5.74, 6) is 1.34. The van der Waals surface area contributed by atoms with Gasteiger partial charge < -0.3 is 9.80 Å². The lowest BCUT2D eigenvalue weighted by Crippen LogP contribution is -2.49.